The molecule has 0 bridgehead atoms. The predicted octanol–water partition coefficient (Wildman–Crippen LogP) is 2.60. The Hall–Kier alpha value is -2.06. The van der Waals surface area contributed by atoms with Gasteiger partial charge in [0.1, 0.15) is 12.3 Å². The summed E-state index contributed by atoms with van der Waals surface area (Å²) in [6.07, 6.45) is 5.00. The molecule has 0 aromatic carbocycles. The van der Waals surface area contributed by atoms with E-state index in [-0.39, 0.29) is 22.5 Å². The Labute approximate surface area is 150 Å². The van der Waals surface area contributed by atoms with Crippen LogP contribution in [-0.4, -0.2) is 45.3 Å². The maximum absolute atomic E-state index is 12.7. The van der Waals surface area contributed by atoms with Crippen LogP contribution in [0.5, 0.6) is 0 Å². The van der Waals surface area contributed by atoms with Crippen molar-refractivity contribution in [2.75, 3.05) is 23.8 Å². The lowest BCUT2D eigenvalue weighted by atomic mass is 10.3. The number of pyridine rings is 1. The van der Waals surface area contributed by atoms with Gasteiger partial charge in [0.15, 0.2) is 10.9 Å². The fourth-order valence-electron chi connectivity index (χ4n) is 2.00. The molecule has 0 saturated heterocycles. The summed E-state index contributed by atoms with van der Waals surface area (Å²) >= 11 is 10.4. The number of halogens is 1. The fourth-order valence-corrected chi connectivity index (χ4v) is 2.43. The molecule has 0 fully saturated rings. The summed E-state index contributed by atoms with van der Waals surface area (Å²) in [5.74, 6) is -0.169. The number of nitrogens with zero attached hydrogens (tertiary/aromatic N) is 5. The zero-order valence-corrected chi connectivity index (χ0v) is 15.0. The lowest BCUT2D eigenvalue weighted by Crippen LogP contribution is -2.37. The van der Waals surface area contributed by atoms with Crippen molar-refractivity contribution in [3.8, 4) is 5.69 Å². The number of hydrogen-bond acceptors (Lipinski definition) is 6. The van der Waals surface area contributed by atoms with Crippen LogP contribution in [-0.2, 0) is 9.63 Å². The molecule has 0 spiro atoms. The van der Waals surface area contributed by atoms with Crippen LogP contribution in [0, 0.1) is 0 Å². The quantitative estimate of drug-likeness (QED) is 0.464. The summed E-state index contributed by atoms with van der Waals surface area (Å²) in [5.41, 5.74) is 1.43. The standard InChI is InChI=1S/C15H18ClN5O2S/c1-3-20(15(22)12(10-24)19-23-4-2)13-9-21(18-14(13)16)11-6-5-7-17-8-11/h5-9,24H,3-4,10H2,1-2H3/b19-12-. The van der Waals surface area contributed by atoms with E-state index in [1.807, 2.05) is 13.0 Å². The van der Waals surface area contributed by atoms with Crippen molar-refractivity contribution < 1.29 is 9.63 Å². The van der Waals surface area contributed by atoms with Crippen LogP contribution in [0.1, 0.15) is 13.8 Å². The van der Waals surface area contributed by atoms with Crippen molar-refractivity contribution in [1.29, 1.82) is 0 Å². The molecule has 7 nitrogen and oxygen atoms in total. The van der Waals surface area contributed by atoms with E-state index in [1.165, 1.54) is 4.90 Å². The Bertz CT molecular complexity index is 720. The van der Waals surface area contributed by atoms with Crippen molar-refractivity contribution in [2.24, 2.45) is 5.16 Å². The van der Waals surface area contributed by atoms with Gasteiger partial charge in [0.25, 0.3) is 5.91 Å². The third-order valence-electron chi connectivity index (χ3n) is 3.11. The number of amides is 1. The SMILES string of the molecule is CCO/N=C(/CS)C(=O)N(CC)c1cn(-c2cccnc2)nc1Cl. The molecular formula is C15H18ClN5O2S. The summed E-state index contributed by atoms with van der Waals surface area (Å²) in [7, 11) is 0. The second-order valence-electron chi connectivity index (χ2n) is 4.62. The Morgan fingerprint density at radius 3 is 2.88 bits per heavy atom. The molecule has 0 aliphatic heterocycles. The lowest BCUT2D eigenvalue weighted by molar-refractivity contribution is -0.112. The molecule has 0 N–H and O–H groups in total. The van der Waals surface area contributed by atoms with Gasteiger partial charge in [-0.25, -0.2) is 4.68 Å². The minimum Gasteiger partial charge on any atom is -0.396 e. The van der Waals surface area contributed by atoms with E-state index in [1.54, 1.807) is 36.3 Å². The maximum atomic E-state index is 12.7. The Morgan fingerprint density at radius 2 is 2.29 bits per heavy atom. The zero-order chi connectivity index (χ0) is 17.5. The largest absolute Gasteiger partial charge is 0.396 e. The molecule has 128 valence electrons. The van der Waals surface area contributed by atoms with E-state index in [4.69, 9.17) is 16.4 Å². The van der Waals surface area contributed by atoms with Crippen LogP contribution >= 0.6 is 24.2 Å². The van der Waals surface area contributed by atoms with Gasteiger partial charge in [-0.1, -0.05) is 16.8 Å². The molecule has 0 aliphatic carbocycles. The fraction of sp³-hybridized carbons (Fsp3) is 0.333. The first-order chi connectivity index (χ1) is 11.6. The normalized spacial score (nSPS) is 11.4. The van der Waals surface area contributed by atoms with Crippen molar-refractivity contribution in [1.82, 2.24) is 14.8 Å². The van der Waals surface area contributed by atoms with E-state index in [2.05, 4.69) is 27.9 Å². The maximum Gasteiger partial charge on any atom is 0.277 e. The highest BCUT2D eigenvalue weighted by molar-refractivity contribution is 7.81. The smallest absolute Gasteiger partial charge is 0.277 e. The lowest BCUT2D eigenvalue weighted by Gasteiger charge is -2.19. The van der Waals surface area contributed by atoms with Crippen LogP contribution in [0.2, 0.25) is 5.15 Å². The van der Waals surface area contributed by atoms with E-state index in [0.717, 1.165) is 5.69 Å². The number of rotatable bonds is 7. The van der Waals surface area contributed by atoms with Gasteiger partial charge in [-0.15, -0.1) is 0 Å². The average molecular weight is 368 g/mol. The summed E-state index contributed by atoms with van der Waals surface area (Å²) in [4.78, 5) is 23.2. The Balaban J connectivity index is 2.34. The van der Waals surface area contributed by atoms with Crippen LogP contribution in [0.3, 0.4) is 0 Å². The highest BCUT2D eigenvalue weighted by Crippen LogP contribution is 2.26. The number of carbonyl (C=O) groups excluding carboxylic acids is 1. The summed E-state index contributed by atoms with van der Waals surface area (Å²) < 4.78 is 1.57. The van der Waals surface area contributed by atoms with E-state index in [0.29, 0.717) is 18.8 Å². The second kappa shape index (κ2) is 8.70. The minimum atomic E-state index is -0.325. The zero-order valence-electron chi connectivity index (χ0n) is 13.4. The molecule has 0 radical (unpaired) electrons. The van der Waals surface area contributed by atoms with Crippen molar-refractivity contribution in [3.63, 3.8) is 0 Å². The molecule has 2 rings (SSSR count). The van der Waals surface area contributed by atoms with Gasteiger partial charge in [0, 0.05) is 18.5 Å². The highest BCUT2D eigenvalue weighted by atomic mass is 35.5. The first-order valence-corrected chi connectivity index (χ1v) is 8.40. The van der Waals surface area contributed by atoms with Gasteiger partial charge in [-0.05, 0) is 26.0 Å². The Morgan fingerprint density at radius 1 is 1.50 bits per heavy atom. The number of thiol groups is 1. The van der Waals surface area contributed by atoms with Crippen LogP contribution < -0.4 is 4.90 Å². The molecule has 2 aromatic heterocycles. The van der Waals surface area contributed by atoms with Gasteiger partial charge in [-0.2, -0.15) is 17.7 Å². The van der Waals surface area contributed by atoms with Crippen LogP contribution in [0.4, 0.5) is 5.69 Å². The van der Waals surface area contributed by atoms with E-state index >= 15 is 0 Å². The van der Waals surface area contributed by atoms with Gasteiger partial charge in [-0.3, -0.25) is 9.78 Å². The third-order valence-corrected chi connectivity index (χ3v) is 3.68. The molecule has 0 saturated carbocycles. The number of carbonyl (C=O) groups is 1. The summed E-state index contributed by atoms with van der Waals surface area (Å²) in [6.45, 7) is 4.40. The van der Waals surface area contributed by atoms with Crippen molar-refractivity contribution in [3.05, 3.63) is 35.9 Å². The van der Waals surface area contributed by atoms with Crippen molar-refractivity contribution in [2.45, 2.75) is 13.8 Å². The molecular weight excluding hydrogens is 350 g/mol. The molecule has 1 amide bonds. The molecule has 0 unspecified atom stereocenters. The monoisotopic (exact) mass is 367 g/mol. The molecule has 0 aliphatic rings. The number of hydrogen-bond donors (Lipinski definition) is 1. The van der Waals surface area contributed by atoms with Crippen LogP contribution in [0.25, 0.3) is 5.69 Å². The summed E-state index contributed by atoms with van der Waals surface area (Å²) in [5, 5.41) is 8.27. The molecule has 0 atom stereocenters. The molecule has 9 heteroatoms. The van der Waals surface area contributed by atoms with Crippen molar-refractivity contribution >= 4 is 41.5 Å². The first kappa shape index (κ1) is 18.3. The summed E-state index contributed by atoms with van der Waals surface area (Å²) in [6, 6.07) is 3.63. The highest BCUT2D eigenvalue weighted by Gasteiger charge is 2.24. The number of aromatic nitrogens is 3. The molecule has 2 aromatic rings. The Kier molecular flexibility index (Phi) is 6.62. The average Bonchev–Trinajstić information content (AvgIpc) is 2.99. The third kappa shape index (κ3) is 4.07. The van der Waals surface area contributed by atoms with Crippen LogP contribution in [0.15, 0.2) is 35.9 Å². The van der Waals surface area contributed by atoms with Gasteiger partial charge in [0.2, 0.25) is 0 Å². The minimum absolute atomic E-state index is 0.156. The molecule has 2 heterocycles. The van der Waals surface area contributed by atoms with E-state index < -0.39 is 0 Å². The number of anilines is 1. The predicted molar refractivity (Wildman–Crippen MR) is 97.3 cm³/mol. The van der Waals surface area contributed by atoms with Gasteiger partial charge < -0.3 is 9.74 Å². The topological polar surface area (TPSA) is 72.6 Å². The number of oxime groups is 1. The van der Waals surface area contributed by atoms with Gasteiger partial charge >= 0.3 is 0 Å². The van der Waals surface area contributed by atoms with Gasteiger partial charge in [0.05, 0.1) is 18.1 Å². The van der Waals surface area contributed by atoms with E-state index in [9.17, 15) is 4.79 Å². The first-order valence-electron chi connectivity index (χ1n) is 7.39. The molecule has 24 heavy (non-hydrogen) atoms. The second-order valence-corrected chi connectivity index (χ2v) is 5.30.